The average Bonchev–Trinajstić information content (AvgIpc) is 2.72. The van der Waals surface area contributed by atoms with E-state index in [1.807, 2.05) is 0 Å². The summed E-state index contributed by atoms with van der Waals surface area (Å²) in [5.74, 6) is 0.899. The minimum atomic E-state index is 0.899. The molecule has 0 fully saturated rings. The lowest BCUT2D eigenvalue weighted by Crippen LogP contribution is -1.93. The quantitative estimate of drug-likeness (QED) is 0.132. The van der Waals surface area contributed by atoms with Crippen LogP contribution in [0.25, 0.3) is 0 Å². The molecule has 0 aromatic heterocycles. The maximum Gasteiger partial charge on any atom is -0.0443 e. The first-order valence-corrected chi connectivity index (χ1v) is 13.9. The van der Waals surface area contributed by atoms with E-state index in [1.54, 1.807) is 0 Å². The molecule has 2 radical (unpaired) electrons. The van der Waals surface area contributed by atoms with Gasteiger partial charge >= 0.3 is 0 Å². The van der Waals surface area contributed by atoms with Gasteiger partial charge in [0, 0.05) is 0 Å². The van der Waals surface area contributed by atoms with Crippen LogP contribution in [0, 0.1) is 19.8 Å². The Morgan fingerprint density at radius 1 is 0.345 bits per heavy atom. The van der Waals surface area contributed by atoms with E-state index < -0.39 is 0 Å². The number of rotatable bonds is 25. The highest BCUT2D eigenvalue weighted by atomic mass is 14.1. The summed E-state index contributed by atoms with van der Waals surface area (Å²) >= 11 is 0. The Balaban J connectivity index is 3.02. The van der Waals surface area contributed by atoms with E-state index in [-0.39, 0.29) is 0 Å². The zero-order valence-corrected chi connectivity index (χ0v) is 20.7. The van der Waals surface area contributed by atoms with Crippen LogP contribution in [0.3, 0.4) is 0 Å². The van der Waals surface area contributed by atoms with Gasteiger partial charge in [-0.25, -0.2) is 0 Å². The molecular formula is C29H58. The van der Waals surface area contributed by atoms with Gasteiger partial charge in [0.05, 0.1) is 0 Å². The van der Waals surface area contributed by atoms with Crippen molar-refractivity contribution in [2.45, 2.75) is 167 Å². The molecular weight excluding hydrogens is 348 g/mol. The minimum absolute atomic E-state index is 0.899. The summed E-state index contributed by atoms with van der Waals surface area (Å²) < 4.78 is 0. The van der Waals surface area contributed by atoms with E-state index >= 15 is 0 Å². The van der Waals surface area contributed by atoms with Gasteiger partial charge in [-0.1, -0.05) is 181 Å². The molecule has 0 saturated carbocycles. The van der Waals surface area contributed by atoms with Crippen molar-refractivity contribution in [1.29, 1.82) is 0 Å². The highest BCUT2D eigenvalue weighted by Crippen LogP contribution is 2.17. The molecule has 0 aliphatic heterocycles. The SMILES string of the molecule is [CH2]CCCCCCCCCCCCCCCCCCCCCCCC(C)CC[CH2]. The summed E-state index contributed by atoms with van der Waals surface area (Å²) in [5, 5.41) is 0. The van der Waals surface area contributed by atoms with E-state index in [0.717, 1.165) is 18.8 Å². The highest BCUT2D eigenvalue weighted by molar-refractivity contribution is 4.56. The molecule has 0 bridgehead atoms. The third kappa shape index (κ3) is 26.0. The molecule has 174 valence electrons. The van der Waals surface area contributed by atoms with Crippen molar-refractivity contribution in [1.82, 2.24) is 0 Å². The van der Waals surface area contributed by atoms with Crippen molar-refractivity contribution in [3.63, 3.8) is 0 Å². The van der Waals surface area contributed by atoms with Gasteiger partial charge in [-0.05, 0) is 5.92 Å². The van der Waals surface area contributed by atoms with E-state index in [9.17, 15) is 0 Å². The predicted octanol–water partition coefficient (Wildman–Crippen LogP) is 11.0. The standard InChI is InChI=1S/C29H58/c1-4-6-7-8-9-10-11-12-13-14-15-16-17-18-19-20-21-22-23-24-25-26-28-29(3)27-5-2/h29H,1-2,4-28H2,3H3. The second-order valence-electron chi connectivity index (χ2n) is 9.81. The summed E-state index contributed by atoms with van der Waals surface area (Å²) in [4.78, 5) is 0. The van der Waals surface area contributed by atoms with Crippen LogP contribution in [0.15, 0.2) is 0 Å². The van der Waals surface area contributed by atoms with Crippen molar-refractivity contribution < 1.29 is 0 Å². The lowest BCUT2D eigenvalue weighted by atomic mass is 9.98. The van der Waals surface area contributed by atoms with Crippen LogP contribution in [0.2, 0.25) is 0 Å². The fourth-order valence-corrected chi connectivity index (χ4v) is 4.52. The van der Waals surface area contributed by atoms with Crippen LogP contribution in [0.5, 0.6) is 0 Å². The van der Waals surface area contributed by atoms with Crippen LogP contribution >= 0.6 is 0 Å². The number of hydrogen-bond acceptors (Lipinski definition) is 0. The van der Waals surface area contributed by atoms with Crippen LogP contribution in [0.4, 0.5) is 0 Å². The maximum absolute atomic E-state index is 3.96. The van der Waals surface area contributed by atoms with E-state index in [2.05, 4.69) is 20.8 Å². The Labute approximate surface area is 187 Å². The summed E-state index contributed by atoms with van der Waals surface area (Å²) in [6.07, 6.45) is 35.7. The van der Waals surface area contributed by atoms with E-state index in [1.165, 1.54) is 148 Å². The Kier molecular flexibility index (Phi) is 26.0. The molecule has 0 nitrogen and oxygen atoms in total. The number of hydrogen-bond donors (Lipinski definition) is 0. The van der Waals surface area contributed by atoms with E-state index in [4.69, 9.17) is 0 Å². The average molecular weight is 407 g/mol. The molecule has 0 N–H and O–H groups in total. The molecule has 0 aromatic carbocycles. The van der Waals surface area contributed by atoms with Crippen LogP contribution in [-0.4, -0.2) is 0 Å². The molecule has 1 atom stereocenters. The Morgan fingerprint density at radius 3 is 0.897 bits per heavy atom. The monoisotopic (exact) mass is 406 g/mol. The molecule has 0 heterocycles. The first-order valence-electron chi connectivity index (χ1n) is 13.9. The largest absolute Gasteiger partial charge is 0.0625 e. The van der Waals surface area contributed by atoms with Crippen molar-refractivity contribution >= 4 is 0 Å². The molecule has 0 aliphatic rings. The minimum Gasteiger partial charge on any atom is -0.0625 e. The van der Waals surface area contributed by atoms with Gasteiger partial charge in [0.25, 0.3) is 0 Å². The summed E-state index contributed by atoms with van der Waals surface area (Å²) in [6, 6.07) is 0. The molecule has 0 aromatic rings. The van der Waals surface area contributed by atoms with Crippen molar-refractivity contribution in [2.75, 3.05) is 0 Å². The summed E-state index contributed by atoms with van der Waals surface area (Å²) in [7, 11) is 0. The first kappa shape index (κ1) is 29.0. The van der Waals surface area contributed by atoms with Crippen molar-refractivity contribution in [3.8, 4) is 0 Å². The van der Waals surface area contributed by atoms with Gasteiger partial charge in [0.2, 0.25) is 0 Å². The zero-order chi connectivity index (χ0) is 21.3. The fraction of sp³-hybridized carbons (Fsp3) is 0.931. The zero-order valence-electron chi connectivity index (χ0n) is 20.7. The van der Waals surface area contributed by atoms with Gasteiger partial charge in [-0.3, -0.25) is 0 Å². The number of unbranched alkanes of at least 4 members (excludes halogenated alkanes) is 21. The molecule has 0 rings (SSSR count). The lowest BCUT2D eigenvalue weighted by Gasteiger charge is -2.09. The topological polar surface area (TPSA) is 0 Å². The summed E-state index contributed by atoms with van der Waals surface area (Å²) in [6.45, 7) is 10.3. The molecule has 0 saturated heterocycles. The fourth-order valence-electron chi connectivity index (χ4n) is 4.52. The molecule has 1 unspecified atom stereocenters. The molecule has 0 aliphatic carbocycles. The lowest BCUT2D eigenvalue weighted by molar-refractivity contribution is 0.456. The predicted molar refractivity (Wildman–Crippen MR) is 135 cm³/mol. The Morgan fingerprint density at radius 2 is 0.621 bits per heavy atom. The summed E-state index contributed by atoms with van der Waals surface area (Å²) in [5.41, 5.74) is 0. The third-order valence-electron chi connectivity index (χ3n) is 6.64. The highest BCUT2D eigenvalue weighted by Gasteiger charge is 2.00. The normalized spacial score (nSPS) is 12.5. The van der Waals surface area contributed by atoms with Crippen molar-refractivity contribution in [3.05, 3.63) is 13.8 Å². The maximum atomic E-state index is 3.96. The Hall–Kier alpha value is 0. The Bertz CT molecular complexity index is 269. The van der Waals surface area contributed by atoms with Gasteiger partial charge < -0.3 is 0 Å². The van der Waals surface area contributed by atoms with Gasteiger partial charge in [0.15, 0.2) is 0 Å². The van der Waals surface area contributed by atoms with Crippen LogP contribution < -0.4 is 0 Å². The van der Waals surface area contributed by atoms with Crippen LogP contribution in [0.1, 0.15) is 167 Å². The van der Waals surface area contributed by atoms with Gasteiger partial charge in [0.1, 0.15) is 0 Å². The molecule has 29 heavy (non-hydrogen) atoms. The first-order chi connectivity index (χ1) is 14.3. The second-order valence-corrected chi connectivity index (χ2v) is 9.81. The molecule has 0 heteroatoms. The van der Waals surface area contributed by atoms with Crippen LogP contribution in [-0.2, 0) is 0 Å². The molecule has 0 spiro atoms. The third-order valence-corrected chi connectivity index (χ3v) is 6.64. The van der Waals surface area contributed by atoms with Gasteiger partial charge in [-0.15, -0.1) is 0 Å². The smallest absolute Gasteiger partial charge is 0.0443 e. The van der Waals surface area contributed by atoms with E-state index in [0.29, 0.717) is 0 Å². The van der Waals surface area contributed by atoms with Crippen molar-refractivity contribution in [2.24, 2.45) is 5.92 Å². The van der Waals surface area contributed by atoms with Gasteiger partial charge in [-0.2, -0.15) is 0 Å². The second kappa shape index (κ2) is 26.0. The molecule has 0 amide bonds.